The molecule has 0 radical (unpaired) electrons. The van der Waals surface area contributed by atoms with Crippen molar-refractivity contribution in [3.8, 4) is 5.75 Å². The summed E-state index contributed by atoms with van der Waals surface area (Å²) in [7, 11) is 0. The Morgan fingerprint density at radius 3 is 2.72 bits per heavy atom. The standard InChI is InChI=1S/C14H20O4/c1-4-17-13(16)14(2,3)18-12-7-5-6-11(10-12)8-9-15/h5-7,10,15H,4,8-9H2,1-3H3. The first kappa shape index (κ1) is 14.5. The minimum Gasteiger partial charge on any atom is -0.476 e. The summed E-state index contributed by atoms with van der Waals surface area (Å²) in [6.45, 7) is 5.52. The molecule has 4 heteroatoms. The maximum Gasteiger partial charge on any atom is 0.349 e. The lowest BCUT2D eigenvalue weighted by atomic mass is 10.1. The summed E-state index contributed by atoms with van der Waals surface area (Å²) in [5.41, 5.74) is -0.0527. The smallest absolute Gasteiger partial charge is 0.349 e. The molecule has 0 amide bonds. The molecule has 18 heavy (non-hydrogen) atoms. The number of aliphatic hydroxyl groups excluding tert-OH is 1. The van der Waals surface area contributed by atoms with Crippen molar-refractivity contribution < 1.29 is 19.4 Å². The normalized spacial score (nSPS) is 11.1. The SMILES string of the molecule is CCOC(=O)C(C)(C)Oc1cccc(CCO)c1. The van der Waals surface area contributed by atoms with Crippen molar-refractivity contribution >= 4 is 5.97 Å². The monoisotopic (exact) mass is 252 g/mol. The van der Waals surface area contributed by atoms with Gasteiger partial charge in [0.1, 0.15) is 5.75 Å². The average molecular weight is 252 g/mol. The number of esters is 1. The number of aliphatic hydroxyl groups is 1. The van der Waals surface area contributed by atoms with Crippen LogP contribution in [-0.2, 0) is 16.0 Å². The predicted molar refractivity (Wildman–Crippen MR) is 68.6 cm³/mol. The fraction of sp³-hybridized carbons (Fsp3) is 0.500. The van der Waals surface area contributed by atoms with Gasteiger partial charge >= 0.3 is 5.97 Å². The molecule has 4 nitrogen and oxygen atoms in total. The average Bonchev–Trinajstić information content (AvgIpc) is 2.29. The molecule has 0 saturated carbocycles. The van der Waals surface area contributed by atoms with Crippen molar-refractivity contribution in [3.63, 3.8) is 0 Å². The fourth-order valence-corrected chi connectivity index (χ4v) is 1.53. The molecule has 0 bridgehead atoms. The third-order valence-electron chi connectivity index (χ3n) is 2.44. The number of benzene rings is 1. The van der Waals surface area contributed by atoms with E-state index < -0.39 is 11.6 Å². The van der Waals surface area contributed by atoms with E-state index in [-0.39, 0.29) is 6.61 Å². The maximum atomic E-state index is 11.7. The summed E-state index contributed by atoms with van der Waals surface area (Å²) in [6.07, 6.45) is 0.567. The number of ether oxygens (including phenoxy) is 2. The van der Waals surface area contributed by atoms with Gasteiger partial charge in [-0.1, -0.05) is 12.1 Å². The molecule has 0 heterocycles. The fourth-order valence-electron chi connectivity index (χ4n) is 1.53. The molecule has 0 fully saturated rings. The van der Waals surface area contributed by atoms with E-state index in [1.807, 2.05) is 18.2 Å². The highest BCUT2D eigenvalue weighted by molar-refractivity contribution is 5.79. The first-order valence-corrected chi connectivity index (χ1v) is 6.05. The molecule has 0 aliphatic carbocycles. The first-order valence-electron chi connectivity index (χ1n) is 6.05. The number of carbonyl (C=O) groups is 1. The Morgan fingerprint density at radius 1 is 1.39 bits per heavy atom. The van der Waals surface area contributed by atoms with Gasteiger partial charge in [0.05, 0.1) is 6.61 Å². The molecule has 0 saturated heterocycles. The minimum atomic E-state index is -1.02. The molecule has 0 unspecified atom stereocenters. The van der Waals surface area contributed by atoms with Gasteiger partial charge in [0.2, 0.25) is 0 Å². The summed E-state index contributed by atoms with van der Waals surface area (Å²) >= 11 is 0. The van der Waals surface area contributed by atoms with Gasteiger partial charge in [-0.2, -0.15) is 0 Å². The summed E-state index contributed by atoms with van der Waals surface area (Å²) in [5.74, 6) is 0.205. The van der Waals surface area contributed by atoms with Gasteiger partial charge in [-0.3, -0.25) is 0 Å². The van der Waals surface area contributed by atoms with Gasteiger partial charge in [0.25, 0.3) is 0 Å². The Labute approximate surface area is 108 Å². The Hall–Kier alpha value is -1.55. The molecule has 1 aromatic rings. The Bertz CT molecular complexity index is 399. The highest BCUT2D eigenvalue weighted by Crippen LogP contribution is 2.21. The minimum absolute atomic E-state index is 0.0880. The largest absolute Gasteiger partial charge is 0.476 e. The molecule has 0 aromatic heterocycles. The van der Waals surface area contributed by atoms with E-state index in [2.05, 4.69) is 0 Å². The molecular weight excluding hydrogens is 232 g/mol. The third kappa shape index (κ3) is 4.04. The van der Waals surface area contributed by atoms with Crippen LogP contribution in [0.2, 0.25) is 0 Å². The van der Waals surface area contributed by atoms with Crippen molar-refractivity contribution in [2.75, 3.05) is 13.2 Å². The quantitative estimate of drug-likeness (QED) is 0.786. The molecule has 1 N–H and O–H groups in total. The van der Waals surface area contributed by atoms with Gasteiger partial charge in [-0.05, 0) is 44.9 Å². The van der Waals surface area contributed by atoms with Gasteiger partial charge in [0, 0.05) is 6.61 Å². The van der Waals surface area contributed by atoms with Crippen LogP contribution < -0.4 is 4.74 Å². The van der Waals surface area contributed by atoms with Crippen LogP contribution in [0.3, 0.4) is 0 Å². The van der Waals surface area contributed by atoms with Crippen LogP contribution >= 0.6 is 0 Å². The van der Waals surface area contributed by atoms with Crippen molar-refractivity contribution in [3.05, 3.63) is 29.8 Å². The number of hydrogen-bond acceptors (Lipinski definition) is 4. The molecule has 0 aliphatic heterocycles. The number of rotatable bonds is 6. The molecule has 100 valence electrons. The summed E-state index contributed by atoms with van der Waals surface area (Å²) in [5, 5.41) is 8.89. The van der Waals surface area contributed by atoms with Crippen molar-refractivity contribution in [1.82, 2.24) is 0 Å². The van der Waals surface area contributed by atoms with Crippen LogP contribution in [0.25, 0.3) is 0 Å². The topological polar surface area (TPSA) is 55.8 Å². The van der Waals surface area contributed by atoms with Crippen LogP contribution in [0.1, 0.15) is 26.3 Å². The Kier molecular flexibility index (Phi) is 5.16. The van der Waals surface area contributed by atoms with E-state index in [4.69, 9.17) is 14.6 Å². The van der Waals surface area contributed by atoms with E-state index in [0.29, 0.717) is 18.8 Å². The molecule has 0 aliphatic rings. The van der Waals surface area contributed by atoms with Gasteiger partial charge in [-0.15, -0.1) is 0 Å². The lowest BCUT2D eigenvalue weighted by Gasteiger charge is -2.24. The van der Waals surface area contributed by atoms with E-state index in [1.165, 1.54) is 0 Å². The molecule has 0 atom stereocenters. The van der Waals surface area contributed by atoms with Crippen LogP contribution in [0.4, 0.5) is 0 Å². The number of carbonyl (C=O) groups excluding carboxylic acids is 1. The number of hydrogen-bond donors (Lipinski definition) is 1. The van der Waals surface area contributed by atoms with Gasteiger partial charge in [-0.25, -0.2) is 4.79 Å². The van der Waals surface area contributed by atoms with E-state index in [9.17, 15) is 4.79 Å². The van der Waals surface area contributed by atoms with Crippen LogP contribution in [-0.4, -0.2) is 29.9 Å². The second-order valence-electron chi connectivity index (χ2n) is 4.45. The zero-order valence-electron chi connectivity index (χ0n) is 11.1. The lowest BCUT2D eigenvalue weighted by Crippen LogP contribution is -2.39. The van der Waals surface area contributed by atoms with Crippen molar-refractivity contribution in [2.24, 2.45) is 0 Å². The molecule has 1 rings (SSSR count). The van der Waals surface area contributed by atoms with Crippen LogP contribution in [0, 0.1) is 0 Å². The zero-order chi connectivity index (χ0) is 13.6. The highest BCUT2D eigenvalue weighted by atomic mass is 16.6. The maximum absolute atomic E-state index is 11.7. The lowest BCUT2D eigenvalue weighted by molar-refractivity contribution is -0.158. The highest BCUT2D eigenvalue weighted by Gasteiger charge is 2.31. The van der Waals surface area contributed by atoms with E-state index >= 15 is 0 Å². The van der Waals surface area contributed by atoms with Gasteiger partial charge < -0.3 is 14.6 Å². The van der Waals surface area contributed by atoms with Crippen LogP contribution in [0.15, 0.2) is 24.3 Å². The molecule has 0 spiro atoms. The van der Waals surface area contributed by atoms with Gasteiger partial charge in [0.15, 0.2) is 5.60 Å². The first-order chi connectivity index (χ1) is 8.49. The Morgan fingerprint density at radius 2 is 2.11 bits per heavy atom. The Balaban J connectivity index is 2.76. The summed E-state index contributed by atoms with van der Waals surface area (Å²) < 4.78 is 10.6. The van der Waals surface area contributed by atoms with Crippen molar-refractivity contribution in [2.45, 2.75) is 32.8 Å². The summed E-state index contributed by atoms with van der Waals surface area (Å²) in [4.78, 5) is 11.7. The van der Waals surface area contributed by atoms with Crippen LogP contribution in [0.5, 0.6) is 5.75 Å². The second kappa shape index (κ2) is 6.40. The predicted octanol–water partition coefficient (Wildman–Crippen LogP) is 1.94. The third-order valence-corrected chi connectivity index (χ3v) is 2.44. The van der Waals surface area contributed by atoms with Crippen molar-refractivity contribution in [1.29, 1.82) is 0 Å². The van der Waals surface area contributed by atoms with E-state index in [0.717, 1.165) is 5.56 Å². The van der Waals surface area contributed by atoms with E-state index in [1.54, 1.807) is 26.8 Å². The second-order valence-corrected chi connectivity index (χ2v) is 4.45. The summed E-state index contributed by atoms with van der Waals surface area (Å²) in [6, 6.07) is 7.33. The molecular formula is C14H20O4. The zero-order valence-corrected chi connectivity index (χ0v) is 11.1. The molecule has 1 aromatic carbocycles.